The molecule has 2 aliphatic rings. The summed E-state index contributed by atoms with van der Waals surface area (Å²) in [5, 5.41) is 0. The molecule has 6 aromatic rings. The number of allylic oxidation sites excluding steroid dienone is 8. The van der Waals surface area contributed by atoms with E-state index in [1.54, 1.807) is 6.56 Å². The molecule has 4 heteroatoms. The quantitative estimate of drug-likeness (QED) is 0.150. The molecule has 254 valence electrons. The fourth-order valence-electron chi connectivity index (χ4n) is 7.99. The van der Waals surface area contributed by atoms with Crippen LogP contribution in [0.3, 0.4) is 0 Å². The van der Waals surface area contributed by atoms with Gasteiger partial charge in [0.2, 0.25) is 0 Å². The van der Waals surface area contributed by atoms with Gasteiger partial charge < -0.3 is 24.8 Å². The van der Waals surface area contributed by atoms with Crippen LogP contribution in [0.2, 0.25) is 13.1 Å². The van der Waals surface area contributed by atoms with E-state index < -0.39 is 25.8 Å². The average Bonchev–Trinajstić information content (AvgIpc) is 3.77. The molecule has 2 aliphatic carbocycles. The summed E-state index contributed by atoms with van der Waals surface area (Å²) in [4.78, 5) is 0. The summed E-state index contributed by atoms with van der Waals surface area (Å²) in [6.45, 7) is 5.24. The van der Waals surface area contributed by atoms with Crippen LogP contribution in [0.5, 0.6) is 0 Å². The van der Waals surface area contributed by atoms with Crippen molar-refractivity contribution in [1.82, 2.24) is 0 Å². The molecule has 0 atom stereocenters. The van der Waals surface area contributed by atoms with Crippen LogP contribution in [0.1, 0.15) is 46.2 Å². The maximum Gasteiger partial charge on any atom is -1.00 e. The van der Waals surface area contributed by atoms with Crippen LogP contribution in [-0.4, -0.2) is 5.43 Å². The molecule has 0 aliphatic heterocycles. The van der Waals surface area contributed by atoms with E-state index in [1.807, 2.05) is 0 Å². The molecule has 0 spiro atoms. The summed E-state index contributed by atoms with van der Waals surface area (Å²) in [6.07, 6.45) is 2.05. The van der Waals surface area contributed by atoms with E-state index in [4.69, 9.17) is 0 Å². The predicted molar refractivity (Wildman–Crippen MR) is 213 cm³/mol. The van der Waals surface area contributed by atoms with Crippen molar-refractivity contribution in [3.63, 3.8) is 0 Å². The van der Waals surface area contributed by atoms with Crippen LogP contribution in [0.25, 0.3) is 33.4 Å². The Balaban J connectivity index is 0.00000232. The van der Waals surface area contributed by atoms with Gasteiger partial charge in [0.15, 0.2) is 0 Å². The molecule has 0 nitrogen and oxygen atoms in total. The first-order valence-corrected chi connectivity index (χ1v) is 26.3. The SMILES string of the molecule is C[Si](C)=[Zr+2]([C]1=C(c2ccccc2)C(c2ccccc2)=C(c2ccccc2)C1)[C]1=C(c2ccccc2)C(c2ccccc2)=C(c2ccccc2)C1.[Cl-].[Cl-]. The molecular weight excluding hydrogens is 767 g/mol. The van der Waals surface area contributed by atoms with Gasteiger partial charge in [0.25, 0.3) is 0 Å². The van der Waals surface area contributed by atoms with E-state index in [0.717, 1.165) is 12.8 Å². The number of hydrogen-bond acceptors (Lipinski definition) is 0. The number of benzene rings is 6. The molecule has 52 heavy (non-hydrogen) atoms. The van der Waals surface area contributed by atoms with Gasteiger partial charge in [0, 0.05) is 0 Å². The Morgan fingerprint density at radius 3 is 0.808 bits per heavy atom. The van der Waals surface area contributed by atoms with Crippen LogP contribution in [0.4, 0.5) is 0 Å². The van der Waals surface area contributed by atoms with E-state index in [0.29, 0.717) is 0 Å². The van der Waals surface area contributed by atoms with Crippen molar-refractivity contribution in [1.29, 1.82) is 0 Å². The molecule has 0 fully saturated rings. The second kappa shape index (κ2) is 17.2. The van der Waals surface area contributed by atoms with Crippen LogP contribution in [-0.2, 0) is 20.4 Å². The van der Waals surface area contributed by atoms with Crippen molar-refractivity contribution in [3.05, 3.63) is 222 Å². The van der Waals surface area contributed by atoms with Crippen molar-refractivity contribution in [2.24, 2.45) is 0 Å². The minimum absolute atomic E-state index is 0. The smallest absolute Gasteiger partial charge is 1.00 e. The van der Waals surface area contributed by atoms with Crippen LogP contribution < -0.4 is 24.8 Å². The summed E-state index contributed by atoms with van der Waals surface area (Å²) < 4.78 is 3.53. The minimum Gasteiger partial charge on any atom is -1.00 e. The van der Waals surface area contributed by atoms with E-state index in [-0.39, 0.29) is 24.8 Å². The molecule has 0 saturated carbocycles. The number of halogens is 2. The minimum atomic E-state index is -2.60. The van der Waals surface area contributed by atoms with E-state index >= 15 is 0 Å². The zero-order valence-corrected chi connectivity index (χ0v) is 34.5. The van der Waals surface area contributed by atoms with Gasteiger partial charge in [-0.2, -0.15) is 0 Å². The molecule has 0 bridgehead atoms. The zero-order valence-electron chi connectivity index (χ0n) is 29.5. The summed E-state index contributed by atoms with van der Waals surface area (Å²) in [5.74, 6) is 0. The van der Waals surface area contributed by atoms with Gasteiger partial charge >= 0.3 is 307 Å². The maximum absolute atomic E-state index is 2.62. The number of rotatable bonds is 8. The normalized spacial score (nSPS) is 13.8. The average molecular weight is 807 g/mol. The van der Waals surface area contributed by atoms with Crippen molar-refractivity contribution in [2.45, 2.75) is 25.9 Å². The molecule has 8 rings (SSSR count). The first-order valence-electron chi connectivity index (χ1n) is 17.6. The Labute approximate surface area is 329 Å². The van der Waals surface area contributed by atoms with Gasteiger partial charge in [-0.05, 0) is 0 Å². The van der Waals surface area contributed by atoms with Gasteiger partial charge in [-0.3, -0.25) is 0 Å². The first kappa shape index (κ1) is 37.7. The predicted octanol–water partition coefficient (Wildman–Crippen LogP) is 6.72. The summed E-state index contributed by atoms with van der Waals surface area (Å²) in [7, 11) is 0. The van der Waals surface area contributed by atoms with E-state index in [1.165, 1.54) is 66.8 Å². The molecule has 0 saturated heterocycles. The molecular formula is C48H40Cl2SiZr. The third-order valence-electron chi connectivity index (χ3n) is 10.0. The van der Waals surface area contributed by atoms with Crippen molar-refractivity contribution >= 4 is 38.9 Å². The van der Waals surface area contributed by atoms with Gasteiger partial charge in [0.1, 0.15) is 0 Å². The Morgan fingerprint density at radius 2 is 0.558 bits per heavy atom. The third kappa shape index (κ3) is 7.41. The van der Waals surface area contributed by atoms with Crippen molar-refractivity contribution in [3.8, 4) is 0 Å². The summed E-state index contributed by atoms with van der Waals surface area (Å²) >= 11 is -2.60. The second-order valence-electron chi connectivity index (χ2n) is 13.3. The monoisotopic (exact) mass is 804 g/mol. The summed E-state index contributed by atoms with van der Waals surface area (Å²) in [5.41, 5.74) is 16.2. The van der Waals surface area contributed by atoms with Crippen LogP contribution in [0, 0.1) is 0 Å². The molecule has 6 aromatic carbocycles. The van der Waals surface area contributed by atoms with Crippen molar-refractivity contribution < 1.29 is 45.2 Å². The Bertz CT molecular complexity index is 2160. The Hall–Kier alpha value is -4.04. The van der Waals surface area contributed by atoms with Gasteiger partial charge in [-0.25, -0.2) is 0 Å². The van der Waals surface area contributed by atoms with Crippen LogP contribution in [0.15, 0.2) is 189 Å². The molecule has 0 heterocycles. The van der Waals surface area contributed by atoms with Crippen molar-refractivity contribution in [2.75, 3.05) is 0 Å². The second-order valence-corrected chi connectivity index (χ2v) is 30.5. The maximum atomic E-state index is 2.62. The Kier molecular flexibility index (Phi) is 12.5. The molecule has 0 aromatic heterocycles. The van der Waals surface area contributed by atoms with Gasteiger partial charge in [0.05, 0.1) is 0 Å². The van der Waals surface area contributed by atoms with E-state index in [9.17, 15) is 0 Å². The van der Waals surface area contributed by atoms with E-state index in [2.05, 4.69) is 195 Å². The van der Waals surface area contributed by atoms with Gasteiger partial charge in [-0.1, -0.05) is 0 Å². The molecule has 0 N–H and O–H groups in total. The third-order valence-corrected chi connectivity index (χ3v) is 27.0. The first-order chi connectivity index (χ1) is 24.7. The largest absolute Gasteiger partial charge is 1.00 e. The van der Waals surface area contributed by atoms with Crippen LogP contribution >= 0.6 is 0 Å². The fourth-order valence-corrected chi connectivity index (χ4v) is 25.8. The summed E-state index contributed by atoms with van der Waals surface area (Å²) in [6, 6.07) is 67.4. The molecule has 0 unspecified atom stereocenters. The Morgan fingerprint density at radius 1 is 0.327 bits per heavy atom. The van der Waals surface area contributed by atoms with Gasteiger partial charge in [-0.15, -0.1) is 0 Å². The topological polar surface area (TPSA) is 0 Å². The standard InChI is InChI=1S/2C23H17.C2H6Si.2ClH.Zr/c2*1-4-10-18(11-5-1)21-16-17-22(19-12-6-2-7-13-19)23(21)20-14-8-3-9-15-20;1-3-2;;;/h2*1-15H,16H2;1-2H3;2*1H;/q;;;;;+2/p-2. The zero-order chi connectivity index (χ0) is 33.9. The molecule has 0 radical (unpaired) electrons. The number of hydrogen-bond donors (Lipinski definition) is 0. The fraction of sp³-hybridized carbons (Fsp3) is 0.0833. The molecule has 0 amide bonds.